The number of cyclic esters (lactones) is 1. The fraction of sp³-hybridized carbons (Fsp3) is 0.889. The van der Waals surface area contributed by atoms with Gasteiger partial charge in [0, 0.05) is 5.92 Å². The van der Waals surface area contributed by atoms with Crippen LogP contribution < -0.4 is 0 Å². The number of carbonyl (C=O) groups is 1. The molecule has 1 saturated heterocycles. The number of carbonyl (C=O) groups excluding carboxylic acids is 1. The molecule has 1 aliphatic rings. The molecule has 0 aromatic heterocycles. The van der Waals surface area contributed by atoms with Crippen LogP contribution in [-0.2, 0) is 9.53 Å². The van der Waals surface area contributed by atoms with Crippen molar-refractivity contribution in [3.63, 3.8) is 0 Å². The molecule has 0 aliphatic carbocycles. The Hall–Kier alpha value is -0.530. The second-order valence-electron chi connectivity index (χ2n) is 3.19. The van der Waals surface area contributed by atoms with Crippen LogP contribution in [0.2, 0.25) is 0 Å². The Morgan fingerprint density at radius 1 is 1.55 bits per heavy atom. The highest BCUT2D eigenvalue weighted by Gasteiger charge is 2.32. The van der Waals surface area contributed by atoms with Gasteiger partial charge in [-0.25, -0.2) is 0 Å². The molecule has 0 saturated carbocycles. The number of esters is 1. The zero-order chi connectivity index (χ0) is 8.27. The zero-order valence-electron chi connectivity index (χ0n) is 7.30. The first kappa shape index (κ1) is 8.57. The minimum Gasteiger partial charge on any atom is -0.462 e. The van der Waals surface area contributed by atoms with E-state index in [9.17, 15) is 4.79 Å². The van der Waals surface area contributed by atoms with Gasteiger partial charge in [-0.2, -0.15) is 0 Å². The molecule has 2 nitrogen and oxygen atoms in total. The van der Waals surface area contributed by atoms with Crippen LogP contribution in [0, 0.1) is 5.92 Å². The van der Waals surface area contributed by atoms with Crippen molar-refractivity contribution in [2.24, 2.45) is 5.92 Å². The van der Waals surface area contributed by atoms with Crippen molar-refractivity contribution in [2.45, 2.75) is 45.6 Å². The van der Waals surface area contributed by atoms with Gasteiger partial charge in [-0.1, -0.05) is 20.3 Å². The third-order valence-corrected chi connectivity index (χ3v) is 2.34. The van der Waals surface area contributed by atoms with Gasteiger partial charge in [-0.15, -0.1) is 0 Å². The highest BCUT2D eigenvalue weighted by molar-refractivity contribution is 5.72. The molecule has 0 aromatic rings. The molecule has 64 valence electrons. The van der Waals surface area contributed by atoms with Crippen molar-refractivity contribution >= 4 is 5.97 Å². The third-order valence-electron chi connectivity index (χ3n) is 2.34. The van der Waals surface area contributed by atoms with E-state index in [2.05, 4.69) is 13.8 Å². The summed E-state index contributed by atoms with van der Waals surface area (Å²) in [6.45, 7) is 4.24. The van der Waals surface area contributed by atoms with E-state index in [1.807, 2.05) is 0 Å². The highest BCUT2D eigenvalue weighted by Crippen LogP contribution is 2.27. The fourth-order valence-corrected chi connectivity index (χ4v) is 1.65. The summed E-state index contributed by atoms with van der Waals surface area (Å²) in [5, 5.41) is 0. The van der Waals surface area contributed by atoms with Crippen LogP contribution >= 0.6 is 0 Å². The van der Waals surface area contributed by atoms with Crippen LogP contribution in [0.15, 0.2) is 0 Å². The first-order chi connectivity index (χ1) is 5.27. The van der Waals surface area contributed by atoms with Crippen LogP contribution in [0.5, 0.6) is 0 Å². The number of hydrogen-bond acceptors (Lipinski definition) is 2. The van der Waals surface area contributed by atoms with Gasteiger partial charge < -0.3 is 4.74 Å². The predicted octanol–water partition coefficient (Wildman–Crippen LogP) is 2.13. The molecule has 0 spiro atoms. The maximum absolute atomic E-state index is 10.9. The van der Waals surface area contributed by atoms with E-state index in [4.69, 9.17) is 4.74 Å². The Kier molecular flexibility index (Phi) is 2.92. The molecule has 0 aromatic carbocycles. The van der Waals surface area contributed by atoms with Crippen LogP contribution in [0.3, 0.4) is 0 Å². The molecule has 2 heteroatoms. The summed E-state index contributed by atoms with van der Waals surface area (Å²) in [7, 11) is 0. The lowest BCUT2D eigenvalue weighted by molar-refractivity contribution is -0.141. The van der Waals surface area contributed by atoms with Crippen LogP contribution in [0.1, 0.15) is 39.5 Å². The molecular formula is C9H16O2. The number of hydrogen-bond donors (Lipinski definition) is 0. The average Bonchev–Trinajstić information content (AvgIpc) is 2.32. The minimum atomic E-state index is -0.00435. The lowest BCUT2D eigenvalue weighted by atomic mass is 9.95. The summed E-state index contributed by atoms with van der Waals surface area (Å²) in [4.78, 5) is 10.9. The highest BCUT2D eigenvalue weighted by atomic mass is 16.5. The van der Waals surface area contributed by atoms with Crippen molar-refractivity contribution in [1.82, 2.24) is 0 Å². The van der Waals surface area contributed by atoms with Gasteiger partial charge in [0.2, 0.25) is 0 Å². The lowest BCUT2D eigenvalue weighted by Crippen LogP contribution is -2.14. The minimum absolute atomic E-state index is 0.00435. The van der Waals surface area contributed by atoms with E-state index < -0.39 is 0 Å². The van der Waals surface area contributed by atoms with Gasteiger partial charge in [0.25, 0.3) is 0 Å². The quantitative estimate of drug-likeness (QED) is 0.585. The number of rotatable bonds is 3. The Labute approximate surface area is 67.9 Å². The Balaban J connectivity index is 2.43. The molecule has 0 N–H and O–H groups in total. The summed E-state index contributed by atoms with van der Waals surface area (Å²) >= 11 is 0. The molecule has 1 heterocycles. The van der Waals surface area contributed by atoms with Gasteiger partial charge in [0.15, 0.2) is 0 Å². The maximum atomic E-state index is 10.9. The van der Waals surface area contributed by atoms with Crippen LogP contribution in [-0.4, -0.2) is 12.1 Å². The summed E-state index contributed by atoms with van der Waals surface area (Å²) in [6.07, 6.45) is 4.06. The van der Waals surface area contributed by atoms with Crippen molar-refractivity contribution in [3.05, 3.63) is 0 Å². The van der Waals surface area contributed by atoms with Gasteiger partial charge in [0.05, 0.1) is 6.42 Å². The molecule has 1 fully saturated rings. The monoisotopic (exact) mass is 156 g/mol. The molecule has 11 heavy (non-hydrogen) atoms. The van der Waals surface area contributed by atoms with E-state index >= 15 is 0 Å². The summed E-state index contributed by atoms with van der Waals surface area (Å²) in [6, 6.07) is 0. The van der Waals surface area contributed by atoms with Crippen molar-refractivity contribution < 1.29 is 9.53 Å². The van der Waals surface area contributed by atoms with E-state index in [1.165, 1.54) is 0 Å². The average molecular weight is 156 g/mol. The first-order valence-electron chi connectivity index (χ1n) is 4.47. The van der Waals surface area contributed by atoms with Crippen molar-refractivity contribution in [2.75, 3.05) is 0 Å². The van der Waals surface area contributed by atoms with Gasteiger partial charge in [0.1, 0.15) is 6.10 Å². The molecule has 0 radical (unpaired) electrons. The van der Waals surface area contributed by atoms with Crippen LogP contribution in [0.4, 0.5) is 0 Å². The molecule has 0 unspecified atom stereocenters. The van der Waals surface area contributed by atoms with E-state index in [0.717, 1.165) is 19.3 Å². The lowest BCUT2D eigenvalue weighted by Gasteiger charge is -2.13. The summed E-state index contributed by atoms with van der Waals surface area (Å²) in [5.74, 6) is 0.484. The normalized spacial score (nSPS) is 30.5. The smallest absolute Gasteiger partial charge is 0.306 e. The molecule has 0 amide bonds. The Bertz CT molecular complexity index is 142. The van der Waals surface area contributed by atoms with Crippen molar-refractivity contribution in [3.8, 4) is 0 Å². The second kappa shape index (κ2) is 3.74. The molecule has 2 atom stereocenters. The third kappa shape index (κ3) is 1.95. The van der Waals surface area contributed by atoms with Gasteiger partial charge in [-0.05, 0) is 12.8 Å². The zero-order valence-corrected chi connectivity index (χ0v) is 7.30. The van der Waals surface area contributed by atoms with E-state index in [-0.39, 0.29) is 12.1 Å². The van der Waals surface area contributed by atoms with Crippen molar-refractivity contribution in [1.29, 1.82) is 0 Å². The van der Waals surface area contributed by atoms with E-state index in [0.29, 0.717) is 12.3 Å². The molecule has 0 bridgehead atoms. The molecule has 1 aliphatic heterocycles. The Morgan fingerprint density at radius 2 is 2.27 bits per heavy atom. The number of ether oxygens (including phenoxy) is 1. The second-order valence-corrected chi connectivity index (χ2v) is 3.19. The fourth-order valence-electron chi connectivity index (χ4n) is 1.65. The first-order valence-corrected chi connectivity index (χ1v) is 4.47. The van der Waals surface area contributed by atoms with E-state index in [1.54, 1.807) is 0 Å². The largest absolute Gasteiger partial charge is 0.462 e. The topological polar surface area (TPSA) is 26.3 Å². The predicted molar refractivity (Wildman–Crippen MR) is 43.2 cm³/mol. The van der Waals surface area contributed by atoms with Gasteiger partial charge >= 0.3 is 5.97 Å². The standard InChI is InChI=1S/C9H16O2/c1-3-5-8-7(4-2)6-9(10)11-8/h7-8H,3-6H2,1-2H3/t7-,8-/m0/s1. The SMILES string of the molecule is CCC[C@@H]1OC(=O)C[C@@H]1CC. The summed E-state index contributed by atoms with van der Waals surface area (Å²) < 4.78 is 5.17. The maximum Gasteiger partial charge on any atom is 0.306 e. The van der Waals surface area contributed by atoms with Crippen LogP contribution in [0.25, 0.3) is 0 Å². The summed E-state index contributed by atoms with van der Waals surface area (Å²) in [5.41, 5.74) is 0. The van der Waals surface area contributed by atoms with Gasteiger partial charge in [-0.3, -0.25) is 4.79 Å². The molecular weight excluding hydrogens is 140 g/mol. The Morgan fingerprint density at radius 3 is 2.82 bits per heavy atom. The molecule has 1 rings (SSSR count).